The van der Waals surface area contributed by atoms with Gasteiger partial charge in [0.15, 0.2) is 5.82 Å². The van der Waals surface area contributed by atoms with Gasteiger partial charge in [-0.1, -0.05) is 22.8 Å². The van der Waals surface area contributed by atoms with Gasteiger partial charge in [-0.25, -0.2) is 4.39 Å². The van der Waals surface area contributed by atoms with E-state index in [1.165, 1.54) is 30.4 Å². The predicted octanol–water partition coefficient (Wildman–Crippen LogP) is 4.01. The zero-order chi connectivity index (χ0) is 23.1. The number of hydrogen-bond acceptors (Lipinski definition) is 7. The van der Waals surface area contributed by atoms with Crippen LogP contribution < -0.4 is 4.74 Å². The molecule has 0 N–H and O–H groups in total. The van der Waals surface area contributed by atoms with Crippen molar-refractivity contribution >= 4 is 17.5 Å². The molecule has 0 bridgehead atoms. The molecule has 2 aromatic heterocycles. The smallest absolute Gasteiger partial charge is 0.258 e. The molecule has 11 heteroatoms. The Balaban J connectivity index is 1.47. The molecule has 0 radical (unpaired) electrons. The molecular formula is C22H18ClFN6O3. The lowest BCUT2D eigenvalue weighted by Crippen LogP contribution is -2.45. The molecule has 33 heavy (non-hydrogen) atoms. The molecule has 1 unspecified atom stereocenters. The Bertz CT molecular complexity index is 1340. The number of amides is 1. The van der Waals surface area contributed by atoms with Crippen molar-refractivity contribution < 1.29 is 18.4 Å². The molecule has 9 nitrogen and oxygen atoms in total. The molecular weight excluding hydrogens is 451 g/mol. The van der Waals surface area contributed by atoms with E-state index < -0.39 is 0 Å². The Labute approximate surface area is 192 Å². The van der Waals surface area contributed by atoms with Gasteiger partial charge in [-0.2, -0.15) is 20.0 Å². The number of aromatic nitrogens is 5. The van der Waals surface area contributed by atoms with Crippen molar-refractivity contribution in [1.82, 2.24) is 30.0 Å². The molecule has 2 aromatic carbocycles. The Morgan fingerprint density at radius 3 is 2.76 bits per heavy atom. The first-order valence-electron chi connectivity index (χ1n) is 10.1. The summed E-state index contributed by atoms with van der Waals surface area (Å²) in [6, 6.07) is 7.43. The first kappa shape index (κ1) is 21.1. The third kappa shape index (κ3) is 3.62. The number of hydrogen-bond donors (Lipinski definition) is 0. The number of rotatable bonds is 5. The number of ether oxygens (including phenoxy) is 1. The average molecular weight is 469 g/mol. The maximum absolute atomic E-state index is 13.9. The Morgan fingerprint density at radius 2 is 2.06 bits per heavy atom. The number of benzene rings is 2. The van der Waals surface area contributed by atoms with Gasteiger partial charge in [-0.3, -0.25) is 4.79 Å². The number of carbonyl (C=O) groups excluding carboxylic acids is 1. The van der Waals surface area contributed by atoms with E-state index in [4.69, 9.17) is 20.9 Å². The minimum atomic E-state index is -0.385. The number of nitrogens with zero attached hydrogens (tertiary/aromatic N) is 6. The summed E-state index contributed by atoms with van der Waals surface area (Å²) in [6.45, 7) is 2.15. The van der Waals surface area contributed by atoms with Gasteiger partial charge in [0.2, 0.25) is 0 Å². The van der Waals surface area contributed by atoms with Gasteiger partial charge in [-0.05, 0) is 43.2 Å². The van der Waals surface area contributed by atoms with E-state index >= 15 is 0 Å². The fraction of sp³-hybridized carbons (Fsp3) is 0.227. The molecule has 0 aliphatic carbocycles. The van der Waals surface area contributed by atoms with E-state index in [1.54, 1.807) is 36.1 Å². The second-order valence-corrected chi connectivity index (χ2v) is 7.90. The largest absolute Gasteiger partial charge is 0.495 e. The minimum Gasteiger partial charge on any atom is -0.495 e. The second kappa shape index (κ2) is 8.28. The van der Waals surface area contributed by atoms with Gasteiger partial charge in [-0.15, -0.1) is 0 Å². The molecule has 0 spiro atoms. The molecule has 168 valence electrons. The molecule has 1 fully saturated rings. The highest BCUT2D eigenvalue weighted by molar-refractivity contribution is 6.32. The van der Waals surface area contributed by atoms with E-state index in [-0.39, 0.29) is 23.7 Å². The van der Waals surface area contributed by atoms with E-state index in [9.17, 15) is 9.18 Å². The van der Waals surface area contributed by atoms with Gasteiger partial charge in [0, 0.05) is 12.1 Å². The van der Waals surface area contributed by atoms with Gasteiger partial charge in [0.05, 0.1) is 36.1 Å². The summed E-state index contributed by atoms with van der Waals surface area (Å²) in [5, 5.41) is 12.6. The van der Waals surface area contributed by atoms with E-state index in [2.05, 4.69) is 20.3 Å². The molecule has 1 atom stereocenters. The van der Waals surface area contributed by atoms with Crippen LogP contribution in [0.15, 0.2) is 47.2 Å². The van der Waals surface area contributed by atoms with E-state index in [0.29, 0.717) is 51.9 Å². The molecule has 0 saturated carbocycles. The van der Waals surface area contributed by atoms with Gasteiger partial charge in [0.25, 0.3) is 11.8 Å². The van der Waals surface area contributed by atoms with Crippen LogP contribution in [0.5, 0.6) is 5.75 Å². The molecule has 1 amide bonds. The Hall–Kier alpha value is -3.79. The van der Waals surface area contributed by atoms with Gasteiger partial charge >= 0.3 is 0 Å². The van der Waals surface area contributed by atoms with Crippen LogP contribution in [0.25, 0.3) is 17.1 Å². The van der Waals surface area contributed by atoms with Crippen LogP contribution in [0, 0.1) is 12.7 Å². The summed E-state index contributed by atoms with van der Waals surface area (Å²) in [5.41, 5.74) is 1.67. The first-order valence-corrected chi connectivity index (χ1v) is 10.5. The van der Waals surface area contributed by atoms with Gasteiger partial charge in [0.1, 0.15) is 17.3 Å². The van der Waals surface area contributed by atoms with Crippen LogP contribution >= 0.6 is 11.6 Å². The van der Waals surface area contributed by atoms with Crippen molar-refractivity contribution in [1.29, 1.82) is 0 Å². The van der Waals surface area contributed by atoms with E-state index in [1.807, 2.05) is 0 Å². The normalized spacial score (nSPS) is 15.4. The van der Waals surface area contributed by atoms with Crippen molar-refractivity contribution in [3.8, 4) is 22.9 Å². The lowest BCUT2D eigenvalue weighted by Gasteiger charge is -2.39. The van der Waals surface area contributed by atoms with Crippen molar-refractivity contribution in [2.45, 2.75) is 19.4 Å². The molecule has 3 heterocycles. The quantitative estimate of drug-likeness (QED) is 0.436. The van der Waals surface area contributed by atoms with Crippen LogP contribution in [0.4, 0.5) is 4.39 Å². The Morgan fingerprint density at radius 1 is 1.27 bits per heavy atom. The first-order chi connectivity index (χ1) is 16.0. The maximum Gasteiger partial charge on any atom is 0.258 e. The SMILES string of the molecule is COc1cc(C(=O)N2CCC2c2noc(-c3cccc(F)c3C)n2)c(-n2nccn2)cc1Cl. The molecule has 4 aromatic rings. The van der Waals surface area contributed by atoms with E-state index in [0.717, 1.165) is 0 Å². The van der Waals surface area contributed by atoms with Crippen LogP contribution in [0.3, 0.4) is 0 Å². The lowest BCUT2D eigenvalue weighted by molar-refractivity contribution is 0.0435. The third-order valence-corrected chi connectivity index (χ3v) is 5.95. The average Bonchev–Trinajstić information content (AvgIpc) is 3.47. The number of carbonyl (C=O) groups is 1. The van der Waals surface area contributed by atoms with Crippen LogP contribution in [-0.4, -0.2) is 49.6 Å². The number of halogens is 2. The zero-order valence-electron chi connectivity index (χ0n) is 17.7. The summed E-state index contributed by atoms with van der Waals surface area (Å²) in [7, 11) is 1.48. The van der Waals surface area contributed by atoms with Crippen LogP contribution in [0.1, 0.15) is 34.2 Å². The fourth-order valence-corrected chi connectivity index (χ4v) is 3.98. The summed E-state index contributed by atoms with van der Waals surface area (Å²) in [6.07, 6.45) is 3.68. The Kier molecular flexibility index (Phi) is 5.29. The van der Waals surface area contributed by atoms with Crippen molar-refractivity contribution in [3.63, 3.8) is 0 Å². The number of methoxy groups -OCH3 is 1. The summed E-state index contributed by atoms with van der Waals surface area (Å²) < 4.78 is 24.6. The second-order valence-electron chi connectivity index (χ2n) is 7.50. The van der Waals surface area contributed by atoms with Crippen molar-refractivity contribution in [2.75, 3.05) is 13.7 Å². The van der Waals surface area contributed by atoms with Crippen LogP contribution in [0.2, 0.25) is 5.02 Å². The molecule has 1 aliphatic heterocycles. The van der Waals surface area contributed by atoms with Crippen LogP contribution in [-0.2, 0) is 0 Å². The number of likely N-dealkylation sites (tertiary alicyclic amines) is 1. The highest BCUT2D eigenvalue weighted by Crippen LogP contribution is 2.37. The standard InChI is InChI=1S/C22H18ClFN6O3/c1-12-13(4-3-5-16(12)24)21-27-20(28-33-21)17-6-9-29(17)22(31)14-10-19(32-2)15(23)11-18(14)30-25-7-8-26-30/h3-5,7-8,10-11,17H,6,9H2,1-2H3. The summed E-state index contributed by atoms with van der Waals surface area (Å²) in [5.74, 6) is 0.284. The monoisotopic (exact) mass is 468 g/mol. The van der Waals surface area contributed by atoms with Gasteiger partial charge < -0.3 is 14.2 Å². The molecule has 1 saturated heterocycles. The van der Waals surface area contributed by atoms with Crippen molar-refractivity contribution in [2.24, 2.45) is 0 Å². The van der Waals surface area contributed by atoms with Crippen molar-refractivity contribution in [3.05, 3.63) is 70.5 Å². The maximum atomic E-state index is 13.9. The zero-order valence-corrected chi connectivity index (χ0v) is 18.5. The minimum absolute atomic E-state index is 0.205. The topological polar surface area (TPSA) is 99.2 Å². The molecule has 1 aliphatic rings. The summed E-state index contributed by atoms with van der Waals surface area (Å²) >= 11 is 6.28. The molecule has 5 rings (SSSR count). The highest BCUT2D eigenvalue weighted by atomic mass is 35.5. The lowest BCUT2D eigenvalue weighted by atomic mass is 9.99. The third-order valence-electron chi connectivity index (χ3n) is 5.65. The fourth-order valence-electron chi connectivity index (χ4n) is 3.75. The highest BCUT2D eigenvalue weighted by Gasteiger charge is 2.38. The summed E-state index contributed by atoms with van der Waals surface area (Å²) in [4.78, 5) is 20.9. The predicted molar refractivity (Wildman–Crippen MR) is 116 cm³/mol.